The SMILES string of the molecule is Cc1cc(F)c2c(c1)C(=O)C(=O)N2CCCC1CCCO1. The van der Waals surface area contributed by atoms with Crippen molar-refractivity contribution in [1.29, 1.82) is 0 Å². The lowest BCUT2D eigenvalue weighted by molar-refractivity contribution is -0.114. The molecule has 5 heteroatoms. The molecule has 0 aromatic heterocycles. The molecule has 4 nitrogen and oxygen atoms in total. The molecule has 1 saturated heterocycles. The highest BCUT2D eigenvalue weighted by molar-refractivity contribution is 6.52. The Kier molecular flexibility index (Phi) is 3.76. The Labute approximate surface area is 122 Å². The molecule has 0 saturated carbocycles. The van der Waals surface area contributed by atoms with Crippen LogP contribution in [0.3, 0.4) is 0 Å². The number of aryl methyl sites for hydroxylation is 1. The maximum Gasteiger partial charge on any atom is 0.299 e. The highest BCUT2D eigenvalue weighted by Gasteiger charge is 2.38. The first-order chi connectivity index (χ1) is 10.1. The second-order valence-corrected chi connectivity index (χ2v) is 5.71. The van der Waals surface area contributed by atoms with Gasteiger partial charge < -0.3 is 9.64 Å². The van der Waals surface area contributed by atoms with Crippen LogP contribution < -0.4 is 4.90 Å². The summed E-state index contributed by atoms with van der Waals surface area (Å²) >= 11 is 0. The van der Waals surface area contributed by atoms with E-state index >= 15 is 0 Å². The molecule has 1 amide bonds. The van der Waals surface area contributed by atoms with Gasteiger partial charge in [-0.1, -0.05) is 0 Å². The second-order valence-electron chi connectivity index (χ2n) is 5.71. The minimum Gasteiger partial charge on any atom is -0.378 e. The van der Waals surface area contributed by atoms with Gasteiger partial charge in [0.05, 0.1) is 17.4 Å². The van der Waals surface area contributed by atoms with Crippen LogP contribution in [0, 0.1) is 12.7 Å². The Hall–Kier alpha value is -1.75. The van der Waals surface area contributed by atoms with Crippen LogP contribution in [0.25, 0.3) is 0 Å². The number of benzene rings is 1. The van der Waals surface area contributed by atoms with Crippen LogP contribution in [0.1, 0.15) is 41.6 Å². The summed E-state index contributed by atoms with van der Waals surface area (Å²) in [6.45, 7) is 2.86. The molecule has 1 atom stereocenters. The van der Waals surface area contributed by atoms with Crippen molar-refractivity contribution in [3.8, 4) is 0 Å². The number of fused-ring (bicyclic) bond motifs is 1. The van der Waals surface area contributed by atoms with Crippen LogP contribution in [-0.2, 0) is 9.53 Å². The van der Waals surface area contributed by atoms with E-state index in [1.165, 1.54) is 11.0 Å². The van der Waals surface area contributed by atoms with Crippen LogP contribution in [0.5, 0.6) is 0 Å². The third-order valence-corrected chi connectivity index (χ3v) is 4.09. The van der Waals surface area contributed by atoms with Crippen molar-refractivity contribution in [3.05, 3.63) is 29.1 Å². The molecule has 0 radical (unpaired) electrons. The fourth-order valence-electron chi connectivity index (χ4n) is 3.08. The van der Waals surface area contributed by atoms with Gasteiger partial charge in [-0.25, -0.2) is 4.39 Å². The first-order valence-electron chi connectivity index (χ1n) is 7.36. The zero-order chi connectivity index (χ0) is 15.0. The van der Waals surface area contributed by atoms with Crippen molar-refractivity contribution in [2.75, 3.05) is 18.1 Å². The van der Waals surface area contributed by atoms with Gasteiger partial charge in [-0.15, -0.1) is 0 Å². The molecule has 1 aromatic carbocycles. The summed E-state index contributed by atoms with van der Waals surface area (Å²) in [5.74, 6) is -1.73. The van der Waals surface area contributed by atoms with Crippen LogP contribution >= 0.6 is 0 Å². The largest absolute Gasteiger partial charge is 0.378 e. The monoisotopic (exact) mass is 291 g/mol. The van der Waals surface area contributed by atoms with Gasteiger partial charge >= 0.3 is 0 Å². The van der Waals surface area contributed by atoms with Crippen molar-refractivity contribution in [1.82, 2.24) is 0 Å². The molecule has 1 unspecified atom stereocenters. The van der Waals surface area contributed by atoms with Crippen molar-refractivity contribution < 1.29 is 18.7 Å². The minimum atomic E-state index is -0.623. The molecule has 0 spiro atoms. The van der Waals surface area contributed by atoms with Crippen molar-refractivity contribution in [2.45, 2.75) is 38.7 Å². The van der Waals surface area contributed by atoms with E-state index in [0.717, 1.165) is 25.9 Å². The lowest BCUT2D eigenvalue weighted by Gasteiger charge is -2.18. The standard InChI is InChI=1S/C16H18FNO3/c1-10-8-12-14(13(17)9-10)18(16(20)15(12)19)6-2-4-11-5-3-7-21-11/h8-9,11H,2-7H2,1H3. The molecule has 21 heavy (non-hydrogen) atoms. The summed E-state index contributed by atoms with van der Waals surface area (Å²) in [5.41, 5.74) is 0.978. The van der Waals surface area contributed by atoms with E-state index in [2.05, 4.69) is 0 Å². The van der Waals surface area contributed by atoms with Gasteiger partial charge in [0.1, 0.15) is 5.82 Å². The van der Waals surface area contributed by atoms with Crippen LogP contribution in [-0.4, -0.2) is 30.9 Å². The van der Waals surface area contributed by atoms with Gasteiger partial charge in [0.2, 0.25) is 0 Å². The molecular formula is C16H18FNO3. The van der Waals surface area contributed by atoms with Gasteiger partial charge in [0.25, 0.3) is 11.7 Å². The number of Topliss-reactive ketones (excluding diaryl/α,β-unsaturated/α-hetero) is 1. The summed E-state index contributed by atoms with van der Waals surface area (Å²) in [5, 5.41) is 0. The molecule has 2 heterocycles. The average molecular weight is 291 g/mol. The normalized spacial score (nSPS) is 21.2. The summed E-state index contributed by atoms with van der Waals surface area (Å²) < 4.78 is 19.6. The number of halogens is 1. The third-order valence-electron chi connectivity index (χ3n) is 4.09. The quantitative estimate of drug-likeness (QED) is 0.801. The lowest BCUT2D eigenvalue weighted by Crippen LogP contribution is -2.31. The Balaban J connectivity index is 1.74. The summed E-state index contributed by atoms with van der Waals surface area (Å²) in [6, 6.07) is 2.94. The fourth-order valence-corrected chi connectivity index (χ4v) is 3.08. The molecule has 0 bridgehead atoms. The van der Waals surface area contributed by atoms with E-state index in [-0.39, 0.29) is 17.4 Å². The molecule has 1 aromatic rings. The van der Waals surface area contributed by atoms with Gasteiger partial charge in [-0.05, 0) is 50.3 Å². The number of amides is 1. The highest BCUT2D eigenvalue weighted by Crippen LogP contribution is 2.33. The molecular weight excluding hydrogens is 273 g/mol. The number of anilines is 1. The van der Waals surface area contributed by atoms with Gasteiger partial charge in [0, 0.05) is 13.2 Å². The van der Waals surface area contributed by atoms with Crippen LogP contribution in [0.15, 0.2) is 12.1 Å². The van der Waals surface area contributed by atoms with E-state index in [4.69, 9.17) is 4.74 Å². The lowest BCUT2D eigenvalue weighted by atomic mass is 10.1. The van der Waals surface area contributed by atoms with Gasteiger partial charge in [-0.3, -0.25) is 9.59 Å². The molecule has 0 aliphatic carbocycles. The van der Waals surface area contributed by atoms with E-state index in [1.54, 1.807) is 13.0 Å². The summed E-state index contributed by atoms with van der Waals surface area (Å²) in [4.78, 5) is 25.3. The predicted octanol–water partition coefficient (Wildman–Crippen LogP) is 2.62. The number of hydrogen-bond acceptors (Lipinski definition) is 3. The van der Waals surface area contributed by atoms with Crippen LogP contribution in [0.4, 0.5) is 10.1 Å². The van der Waals surface area contributed by atoms with Crippen molar-refractivity contribution in [2.24, 2.45) is 0 Å². The Bertz CT molecular complexity index is 593. The number of carbonyl (C=O) groups is 2. The topological polar surface area (TPSA) is 46.6 Å². The first kappa shape index (κ1) is 14.2. The number of rotatable bonds is 4. The Morgan fingerprint density at radius 3 is 2.90 bits per heavy atom. The molecule has 3 rings (SSSR count). The molecule has 2 aliphatic heterocycles. The van der Waals surface area contributed by atoms with Crippen molar-refractivity contribution in [3.63, 3.8) is 0 Å². The molecule has 1 fully saturated rings. The van der Waals surface area contributed by atoms with Gasteiger partial charge in [-0.2, -0.15) is 0 Å². The zero-order valence-corrected chi connectivity index (χ0v) is 12.0. The summed E-state index contributed by atoms with van der Waals surface area (Å²) in [7, 11) is 0. The van der Waals surface area contributed by atoms with Crippen molar-refractivity contribution >= 4 is 17.4 Å². The third kappa shape index (κ3) is 2.58. The smallest absolute Gasteiger partial charge is 0.299 e. The maximum atomic E-state index is 14.1. The Morgan fingerprint density at radius 1 is 1.38 bits per heavy atom. The second kappa shape index (κ2) is 5.56. The van der Waals surface area contributed by atoms with Gasteiger partial charge in [0.15, 0.2) is 0 Å². The number of nitrogens with zero attached hydrogens (tertiary/aromatic N) is 1. The molecule has 2 aliphatic rings. The number of carbonyl (C=O) groups excluding carboxylic acids is 2. The molecule has 112 valence electrons. The van der Waals surface area contributed by atoms with E-state index < -0.39 is 17.5 Å². The first-order valence-corrected chi connectivity index (χ1v) is 7.36. The van der Waals surface area contributed by atoms with E-state index in [1.807, 2.05) is 0 Å². The predicted molar refractivity (Wildman–Crippen MR) is 76.0 cm³/mol. The number of hydrogen-bond donors (Lipinski definition) is 0. The highest BCUT2D eigenvalue weighted by atomic mass is 19.1. The average Bonchev–Trinajstić information content (AvgIpc) is 3.02. The van der Waals surface area contributed by atoms with E-state index in [9.17, 15) is 14.0 Å². The maximum absolute atomic E-state index is 14.1. The summed E-state index contributed by atoms with van der Waals surface area (Å²) in [6.07, 6.45) is 3.89. The molecule has 0 N–H and O–H groups in total. The zero-order valence-electron chi connectivity index (χ0n) is 12.0. The van der Waals surface area contributed by atoms with E-state index in [0.29, 0.717) is 18.5 Å². The minimum absolute atomic E-state index is 0.142. The fraction of sp³-hybridized carbons (Fsp3) is 0.500. The number of ether oxygens (including phenoxy) is 1. The number of ketones is 1. The Morgan fingerprint density at radius 2 is 2.19 bits per heavy atom. The van der Waals surface area contributed by atoms with Crippen LogP contribution in [0.2, 0.25) is 0 Å².